The molecule has 0 aromatic heterocycles. The maximum absolute atomic E-state index is 12.9. The lowest BCUT2D eigenvalue weighted by Crippen LogP contribution is -2.37. The molecule has 0 amide bonds. The maximum Gasteiger partial charge on any atom is 0.244 e. The molecule has 1 aliphatic heterocycles. The fourth-order valence-corrected chi connectivity index (χ4v) is 5.98. The van der Waals surface area contributed by atoms with E-state index in [1.54, 1.807) is 17.4 Å². The molecule has 2 atom stereocenters. The number of hydrogen-bond acceptors (Lipinski definition) is 3. The van der Waals surface area contributed by atoms with Gasteiger partial charge in [-0.2, -0.15) is 4.31 Å². The van der Waals surface area contributed by atoms with Gasteiger partial charge in [-0.15, -0.1) is 0 Å². The van der Waals surface area contributed by atoms with Gasteiger partial charge in [0.1, 0.15) is 4.90 Å². The van der Waals surface area contributed by atoms with E-state index in [1.807, 2.05) is 0 Å². The second kappa shape index (κ2) is 5.70. The highest BCUT2D eigenvalue weighted by Gasteiger charge is 2.44. The van der Waals surface area contributed by atoms with E-state index >= 15 is 0 Å². The highest BCUT2D eigenvalue weighted by molar-refractivity contribution is 7.89. The van der Waals surface area contributed by atoms with Gasteiger partial charge in [0.2, 0.25) is 10.0 Å². The summed E-state index contributed by atoms with van der Waals surface area (Å²) in [7, 11) is -1.75. The Morgan fingerprint density at radius 3 is 2.62 bits per heavy atom. The molecule has 1 N–H and O–H groups in total. The average Bonchev–Trinajstić information content (AvgIpc) is 3.04. The van der Waals surface area contributed by atoms with Crippen molar-refractivity contribution < 1.29 is 8.42 Å². The zero-order chi connectivity index (χ0) is 15.2. The Balaban J connectivity index is 2.00. The summed E-state index contributed by atoms with van der Waals surface area (Å²) in [5.41, 5.74) is 0.742. The summed E-state index contributed by atoms with van der Waals surface area (Å²) in [5.74, 6) is 0.507. The summed E-state index contributed by atoms with van der Waals surface area (Å²) in [6, 6.07) is 3.26. The Labute approximate surface area is 135 Å². The Morgan fingerprint density at radius 1 is 1.29 bits per heavy atom. The molecule has 4 nitrogen and oxygen atoms in total. The SMILES string of the molecule is CNCc1cc(S(=O)(=O)N2CC3CCC2C3)c(Cl)cc1Cl. The van der Waals surface area contributed by atoms with Gasteiger partial charge in [0, 0.05) is 24.2 Å². The lowest BCUT2D eigenvalue weighted by Gasteiger charge is -2.26. The molecule has 1 aliphatic carbocycles. The molecule has 2 fully saturated rings. The number of piperidine rings is 1. The molecule has 0 radical (unpaired) electrons. The third kappa shape index (κ3) is 2.70. The predicted molar refractivity (Wildman–Crippen MR) is 84.2 cm³/mol. The van der Waals surface area contributed by atoms with E-state index in [0.717, 1.165) is 24.8 Å². The summed E-state index contributed by atoms with van der Waals surface area (Å²) in [6.07, 6.45) is 3.07. The van der Waals surface area contributed by atoms with Gasteiger partial charge in [-0.25, -0.2) is 8.42 Å². The summed E-state index contributed by atoms with van der Waals surface area (Å²) in [6.45, 7) is 1.12. The fourth-order valence-electron chi connectivity index (χ4n) is 3.40. The van der Waals surface area contributed by atoms with Crippen molar-refractivity contribution >= 4 is 33.2 Å². The van der Waals surface area contributed by atoms with Crippen molar-refractivity contribution in [2.24, 2.45) is 5.92 Å². The van der Waals surface area contributed by atoms with E-state index in [0.29, 0.717) is 24.0 Å². The molecule has 2 unspecified atom stereocenters. The monoisotopic (exact) mass is 348 g/mol. The van der Waals surface area contributed by atoms with Crippen molar-refractivity contribution in [2.75, 3.05) is 13.6 Å². The van der Waals surface area contributed by atoms with Crippen molar-refractivity contribution in [2.45, 2.75) is 36.7 Å². The van der Waals surface area contributed by atoms with Gasteiger partial charge in [0.05, 0.1) is 5.02 Å². The zero-order valence-electron chi connectivity index (χ0n) is 11.8. The summed E-state index contributed by atoms with van der Waals surface area (Å²) < 4.78 is 27.4. The van der Waals surface area contributed by atoms with E-state index in [9.17, 15) is 8.42 Å². The van der Waals surface area contributed by atoms with Gasteiger partial charge in [-0.05, 0) is 49.9 Å². The van der Waals surface area contributed by atoms with E-state index in [-0.39, 0.29) is 16.0 Å². The van der Waals surface area contributed by atoms with Crippen LogP contribution in [0.1, 0.15) is 24.8 Å². The van der Waals surface area contributed by atoms with Crippen molar-refractivity contribution in [3.63, 3.8) is 0 Å². The van der Waals surface area contributed by atoms with Crippen LogP contribution < -0.4 is 5.32 Å². The molecule has 3 rings (SSSR count). The minimum Gasteiger partial charge on any atom is -0.316 e. The van der Waals surface area contributed by atoms with Crippen LogP contribution in [-0.2, 0) is 16.6 Å². The molecule has 116 valence electrons. The van der Waals surface area contributed by atoms with Crippen LogP contribution in [0.4, 0.5) is 0 Å². The van der Waals surface area contributed by atoms with E-state index in [1.165, 1.54) is 6.07 Å². The third-order valence-electron chi connectivity index (χ3n) is 4.41. The second-order valence-corrected chi connectivity index (χ2v) is 8.49. The molecule has 1 aromatic rings. The number of halogens is 2. The van der Waals surface area contributed by atoms with Crippen LogP contribution >= 0.6 is 23.2 Å². The van der Waals surface area contributed by atoms with Gasteiger partial charge < -0.3 is 5.32 Å². The lowest BCUT2D eigenvalue weighted by atomic mass is 10.1. The van der Waals surface area contributed by atoms with Gasteiger partial charge in [0.15, 0.2) is 0 Å². The molecule has 21 heavy (non-hydrogen) atoms. The highest BCUT2D eigenvalue weighted by atomic mass is 35.5. The molecule has 7 heteroatoms. The standard InChI is InChI=1S/C14H18Cl2N2O2S/c1-17-7-10-5-14(13(16)6-12(10)15)21(19,20)18-8-9-2-3-11(18)4-9/h5-6,9,11,17H,2-4,7-8H2,1H3. The smallest absolute Gasteiger partial charge is 0.244 e. The van der Waals surface area contributed by atoms with Crippen LogP contribution in [0.5, 0.6) is 0 Å². The van der Waals surface area contributed by atoms with Crippen LogP contribution in [0.15, 0.2) is 17.0 Å². The fraction of sp³-hybridized carbons (Fsp3) is 0.571. The first kappa shape index (κ1) is 15.6. The summed E-state index contributed by atoms with van der Waals surface area (Å²) >= 11 is 12.3. The van der Waals surface area contributed by atoms with Gasteiger partial charge in [-0.3, -0.25) is 0 Å². The largest absolute Gasteiger partial charge is 0.316 e. The minimum atomic E-state index is -3.54. The van der Waals surface area contributed by atoms with Gasteiger partial charge in [0.25, 0.3) is 0 Å². The summed E-state index contributed by atoms with van der Waals surface area (Å²) in [5, 5.41) is 3.66. The topological polar surface area (TPSA) is 49.4 Å². The number of benzene rings is 1. The molecule has 1 heterocycles. The Hall–Kier alpha value is -0.330. The molecule has 1 saturated carbocycles. The first-order chi connectivity index (χ1) is 9.93. The molecule has 0 spiro atoms. The van der Waals surface area contributed by atoms with Crippen LogP contribution in [-0.4, -0.2) is 32.4 Å². The van der Waals surface area contributed by atoms with Crippen LogP contribution in [0, 0.1) is 5.92 Å². The zero-order valence-corrected chi connectivity index (χ0v) is 14.1. The van der Waals surface area contributed by atoms with E-state index < -0.39 is 10.0 Å². The average molecular weight is 349 g/mol. The first-order valence-corrected chi connectivity index (χ1v) is 9.27. The molecule has 2 aliphatic rings. The number of hydrogen-bond donors (Lipinski definition) is 1. The van der Waals surface area contributed by atoms with Gasteiger partial charge >= 0.3 is 0 Å². The van der Waals surface area contributed by atoms with Crippen LogP contribution in [0.25, 0.3) is 0 Å². The number of nitrogens with zero attached hydrogens (tertiary/aromatic N) is 1. The number of fused-ring (bicyclic) bond motifs is 2. The number of rotatable bonds is 4. The molecule has 2 bridgehead atoms. The highest BCUT2D eigenvalue weighted by Crippen LogP contribution is 2.42. The van der Waals surface area contributed by atoms with Crippen molar-refractivity contribution in [1.82, 2.24) is 9.62 Å². The van der Waals surface area contributed by atoms with Crippen LogP contribution in [0.3, 0.4) is 0 Å². The number of nitrogens with one attached hydrogen (secondary N) is 1. The minimum absolute atomic E-state index is 0.138. The Bertz CT molecular complexity index is 663. The number of sulfonamides is 1. The van der Waals surface area contributed by atoms with E-state index in [4.69, 9.17) is 23.2 Å². The second-order valence-electron chi connectivity index (χ2n) is 5.81. The predicted octanol–water partition coefficient (Wildman–Crippen LogP) is 2.89. The molecular weight excluding hydrogens is 331 g/mol. The van der Waals surface area contributed by atoms with Gasteiger partial charge in [-0.1, -0.05) is 23.2 Å². The first-order valence-electron chi connectivity index (χ1n) is 7.08. The third-order valence-corrected chi connectivity index (χ3v) is 7.15. The van der Waals surface area contributed by atoms with E-state index in [2.05, 4.69) is 5.32 Å². The van der Waals surface area contributed by atoms with Crippen molar-refractivity contribution in [3.8, 4) is 0 Å². The summed E-state index contributed by atoms with van der Waals surface area (Å²) in [4.78, 5) is 0.173. The molecular formula is C14H18Cl2N2O2S. The quantitative estimate of drug-likeness (QED) is 0.909. The molecule has 1 saturated heterocycles. The van der Waals surface area contributed by atoms with Crippen molar-refractivity contribution in [3.05, 3.63) is 27.7 Å². The van der Waals surface area contributed by atoms with Crippen LogP contribution in [0.2, 0.25) is 10.0 Å². The normalized spacial score (nSPS) is 25.7. The Kier molecular flexibility index (Phi) is 4.23. The maximum atomic E-state index is 12.9. The molecule has 1 aromatic carbocycles. The van der Waals surface area contributed by atoms with Crippen molar-refractivity contribution in [1.29, 1.82) is 0 Å². The lowest BCUT2D eigenvalue weighted by molar-refractivity contribution is 0.333. The Morgan fingerprint density at radius 2 is 2.05 bits per heavy atom.